The van der Waals surface area contributed by atoms with Crippen molar-refractivity contribution in [1.82, 2.24) is 14.3 Å². The predicted molar refractivity (Wildman–Crippen MR) is 58.4 cm³/mol. The molecule has 2 aromatic rings. The van der Waals surface area contributed by atoms with E-state index in [0.29, 0.717) is 10.6 Å². The molecule has 0 radical (unpaired) electrons. The number of pyridine rings is 1. The molecule has 0 aliphatic carbocycles. The minimum Gasteiger partial charge on any atom is -0.298 e. The molecule has 15 heavy (non-hydrogen) atoms. The van der Waals surface area contributed by atoms with Crippen LogP contribution in [0.4, 0.5) is 0 Å². The van der Waals surface area contributed by atoms with Gasteiger partial charge in [0, 0.05) is 11.8 Å². The molecule has 0 spiro atoms. The smallest absolute Gasteiger partial charge is 0.176 e. The van der Waals surface area contributed by atoms with Crippen molar-refractivity contribution in [3.63, 3.8) is 0 Å². The van der Waals surface area contributed by atoms with Gasteiger partial charge in [0.15, 0.2) is 10.6 Å². The van der Waals surface area contributed by atoms with Crippen LogP contribution in [0.5, 0.6) is 0 Å². The summed E-state index contributed by atoms with van der Waals surface area (Å²) in [6, 6.07) is 3.47. The van der Waals surface area contributed by atoms with Crippen LogP contribution < -0.4 is 0 Å². The molecule has 0 bridgehead atoms. The van der Waals surface area contributed by atoms with Crippen molar-refractivity contribution in [2.45, 2.75) is 16.3 Å². The van der Waals surface area contributed by atoms with Gasteiger partial charge in [0.05, 0.1) is 0 Å². The number of aryl methyl sites for hydroxylation is 1. The summed E-state index contributed by atoms with van der Waals surface area (Å²) >= 11 is 2.67. The highest BCUT2D eigenvalue weighted by atomic mass is 32.2. The summed E-state index contributed by atoms with van der Waals surface area (Å²) in [5.41, 5.74) is 0.579. The molecule has 76 valence electrons. The average Bonchev–Trinajstić information content (AvgIpc) is 2.65. The summed E-state index contributed by atoms with van der Waals surface area (Å²) < 4.78 is 4.86. The van der Waals surface area contributed by atoms with Crippen LogP contribution in [0.25, 0.3) is 0 Å². The van der Waals surface area contributed by atoms with Gasteiger partial charge in [-0.25, -0.2) is 9.97 Å². The zero-order chi connectivity index (χ0) is 10.7. The predicted octanol–water partition coefficient (Wildman–Crippen LogP) is 2.21. The Balaban J connectivity index is 2.27. The average molecular weight is 237 g/mol. The van der Waals surface area contributed by atoms with Crippen molar-refractivity contribution in [3.05, 3.63) is 29.7 Å². The molecular weight excluding hydrogens is 230 g/mol. The molecule has 4 nitrogen and oxygen atoms in total. The first kappa shape index (κ1) is 10.3. The highest BCUT2D eigenvalue weighted by Gasteiger charge is 2.07. The molecule has 0 unspecified atom stereocenters. The highest BCUT2D eigenvalue weighted by molar-refractivity contribution is 8.01. The summed E-state index contributed by atoms with van der Waals surface area (Å²) in [5, 5.41) is 0.670. The second-order valence-electron chi connectivity index (χ2n) is 2.73. The molecule has 0 N–H and O–H groups in total. The minimum absolute atomic E-state index is 0.579. The molecule has 0 amide bonds. The van der Waals surface area contributed by atoms with Crippen molar-refractivity contribution in [3.8, 4) is 0 Å². The third-order valence-corrected chi connectivity index (χ3v) is 3.50. The van der Waals surface area contributed by atoms with Gasteiger partial charge in [0.2, 0.25) is 0 Å². The molecular formula is C9H7N3OS2. The summed E-state index contributed by atoms with van der Waals surface area (Å²) in [5.74, 6) is 0.742. The van der Waals surface area contributed by atoms with Gasteiger partial charge in [-0.3, -0.25) is 4.79 Å². The fraction of sp³-hybridized carbons (Fsp3) is 0.111. The van der Waals surface area contributed by atoms with Gasteiger partial charge in [-0.15, -0.1) is 0 Å². The van der Waals surface area contributed by atoms with Gasteiger partial charge < -0.3 is 0 Å². The maximum atomic E-state index is 10.7. The number of rotatable bonds is 3. The number of aromatic nitrogens is 3. The Bertz CT molecular complexity index is 484. The number of nitrogens with zero attached hydrogens (tertiary/aromatic N) is 3. The van der Waals surface area contributed by atoms with E-state index >= 15 is 0 Å². The van der Waals surface area contributed by atoms with Crippen LogP contribution in [0.1, 0.15) is 16.2 Å². The Morgan fingerprint density at radius 2 is 2.40 bits per heavy atom. The Hall–Kier alpha value is -1.27. The number of carbonyl (C=O) groups is 1. The van der Waals surface area contributed by atoms with Crippen molar-refractivity contribution in [2.24, 2.45) is 0 Å². The maximum Gasteiger partial charge on any atom is 0.176 e. The van der Waals surface area contributed by atoms with Gasteiger partial charge in [-0.2, -0.15) is 4.37 Å². The highest BCUT2D eigenvalue weighted by Crippen LogP contribution is 2.28. The Morgan fingerprint density at radius 1 is 1.53 bits per heavy atom. The molecule has 0 atom stereocenters. The van der Waals surface area contributed by atoms with E-state index in [1.807, 2.05) is 6.92 Å². The first-order chi connectivity index (χ1) is 7.29. The van der Waals surface area contributed by atoms with Crippen molar-refractivity contribution in [1.29, 1.82) is 0 Å². The molecule has 2 aromatic heterocycles. The number of hydrogen-bond donors (Lipinski definition) is 0. The third kappa shape index (κ3) is 2.40. The Kier molecular flexibility index (Phi) is 3.08. The van der Waals surface area contributed by atoms with E-state index in [-0.39, 0.29) is 0 Å². The maximum absolute atomic E-state index is 10.7. The molecule has 0 fully saturated rings. The molecule has 6 heteroatoms. The standard InChI is InChI=1S/C9H7N3OS2/c1-6-11-9(15-12-6)14-8-7(5-13)3-2-4-10-8/h2-5H,1H3. The largest absolute Gasteiger partial charge is 0.298 e. The van der Waals surface area contributed by atoms with Gasteiger partial charge in [0.1, 0.15) is 10.9 Å². The molecule has 0 aliphatic rings. The van der Waals surface area contributed by atoms with Crippen molar-refractivity contribution >= 4 is 29.6 Å². The molecule has 2 rings (SSSR count). The fourth-order valence-corrected chi connectivity index (χ4v) is 2.59. The van der Waals surface area contributed by atoms with Crippen LogP contribution in [0, 0.1) is 6.92 Å². The van der Waals surface area contributed by atoms with Crippen LogP contribution in [0.2, 0.25) is 0 Å². The molecule has 0 aliphatic heterocycles. The second-order valence-corrected chi connectivity index (χ2v) is 4.71. The third-order valence-electron chi connectivity index (χ3n) is 1.62. The number of hydrogen-bond acceptors (Lipinski definition) is 6. The van der Waals surface area contributed by atoms with E-state index in [2.05, 4.69) is 14.3 Å². The van der Waals surface area contributed by atoms with E-state index in [1.165, 1.54) is 23.3 Å². The van der Waals surface area contributed by atoms with E-state index in [1.54, 1.807) is 18.3 Å². The summed E-state index contributed by atoms with van der Waals surface area (Å²) in [6.07, 6.45) is 2.45. The summed E-state index contributed by atoms with van der Waals surface area (Å²) in [4.78, 5) is 19.1. The van der Waals surface area contributed by atoms with Crippen LogP contribution in [0.15, 0.2) is 27.7 Å². The monoisotopic (exact) mass is 237 g/mol. The van der Waals surface area contributed by atoms with Crippen LogP contribution >= 0.6 is 23.3 Å². The second kappa shape index (κ2) is 4.50. The minimum atomic E-state index is 0.579. The number of carbonyl (C=O) groups excluding carboxylic acids is 1. The number of aldehydes is 1. The lowest BCUT2D eigenvalue weighted by atomic mass is 10.3. The summed E-state index contributed by atoms with van der Waals surface area (Å²) in [7, 11) is 0. The lowest BCUT2D eigenvalue weighted by Gasteiger charge is -1.98. The van der Waals surface area contributed by atoms with E-state index in [4.69, 9.17) is 0 Å². The molecule has 0 saturated carbocycles. The Labute approximate surface area is 94.9 Å². The van der Waals surface area contributed by atoms with Crippen LogP contribution in [-0.4, -0.2) is 20.6 Å². The van der Waals surface area contributed by atoms with Gasteiger partial charge in [-0.1, -0.05) is 0 Å². The fourth-order valence-electron chi connectivity index (χ4n) is 0.980. The van der Waals surface area contributed by atoms with Crippen molar-refractivity contribution in [2.75, 3.05) is 0 Å². The normalized spacial score (nSPS) is 10.2. The zero-order valence-corrected chi connectivity index (χ0v) is 9.51. The van der Waals surface area contributed by atoms with Gasteiger partial charge in [-0.05, 0) is 42.4 Å². The van der Waals surface area contributed by atoms with Gasteiger partial charge >= 0.3 is 0 Å². The SMILES string of the molecule is Cc1nsc(Sc2ncccc2C=O)n1. The first-order valence-corrected chi connectivity index (χ1v) is 5.77. The van der Waals surface area contributed by atoms with Gasteiger partial charge in [0.25, 0.3) is 0 Å². The van der Waals surface area contributed by atoms with Crippen LogP contribution in [0.3, 0.4) is 0 Å². The van der Waals surface area contributed by atoms with E-state index < -0.39 is 0 Å². The topological polar surface area (TPSA) is 55.7 Å². The van der Waals surface area contributed by atoms with Crippen molar-refractivity contribution < 1.29 is 4.79 Å². The molecule has 0 saturated heterocycles. The molecule has 2 heterocycles. The van der Waals surface area contributed by atoms with E-state index in [0.717, 1.165) is 16.5 Å². The Morgan fingerprint density at radius 3 is 3.07 bits per heavy atom. The zero-order valence-electron chi connectivity index (χ0n) is 7.88. The lowest BCUT2D eigenvalue weighted by Crippen LogP contribution is -1.87. The van der Waals surface area contributed by atoms with Crippen LogP contribution in [-0.2, 0) is 0 Å². The quantitative estimate of drug-likeness (QED) is 0.766. The summed E-state index contributed by atoms with van der Waals surface area (Å²) in [6.45, 7) is 1.83. The van der Waals surface area contributed by atoms with E-state index in [9.17, 15) is 4.79 Å². The first-order valence-electron chi connectivity index (χ1n) is 4.18. The molecule has 0 aromatic carbocycles. The lowest BCUT2D eigenvalue weighted by molar-refractivity contribution is 0.112.